The van der Waals surface area contributed by atoms with Gasteiger partial charge in [0.15, 0.2) is 11.5 Å². The minimum absolute atomic E-state index is 0.121. The molecule has 0 aliphatic carbocycles. The van der Waals surface area contributed by atoms with E-state index in [1.165, 1.54) is 38.5 Å². The molecule has 2 aromatic carbocycles. The van der Waals surface area contributed by atoms with Gasteiger partial charge in [-0.15, -0.1) is 0 Å². The highest BCUT2D eigenvalue weighted by atomic mass is 19.1. The number of imide groups is 1. The summed E-state index contributed by atoms with van der Waals surface area (Å²) in [6.07, 6.45) is 0. The fraction of sp³-hybridized carbons (Fsp3) is 0.125. The number of carbonyl (C=O) groups excluding carboxylic acids is 2. The number of hydrogen-bond donors (Lipinski definition) is 0. The standard InChI is InChI=1S/C16H12FNO4/c1-21-12-7-6-11-13(14(12)22-2)16(20)18(15(11)19)10-5-3-4-9(17)8-10/h3-8H,1-2H3. The first-order valence-electron chi connectivity index (χ1n) is 6.47. The number of fused-ring (bicyclic) bond motifs is 1. The topological polar surface area (TPSA) is 55.8 Å². The molecule has 6 heteroatoms. The SMILES string of the molecule is COc1ccc2c(c1OC)C(=O)N(c1cccc(F)c1)C2=O. The molecule has 0 saturated carbocycles. The Morgan fingerprint density at radius 3 is 2.41 bits per heavy atom. The van der Waals surface area contributed by atoms with E-state index in [0.29, 0.717) is 5.75 Å². The van der Waals surface area contributed by atoms with Gasteiger partial charge < -0.3 is 9.47 Å². The van der Waals surface area contributed by atoms with Gasteiger partial charge in [0.25, 0.3) is 11.8 Å². The molecule has 0 aromatic heterocycles. The largest absolute Gasteiger partial charge is 0.493 e. The van der Waals surface area contributed by atoms with Crippen LogP contribution in [0.2, 0.25) is 0 Å². The Kier molecular flexibility index (Phi) is 3.29. The second kappa shape index (κ2) is 5.14. The quantitative estimate of drug-likeness (QED) is 0.818. The molecular weight excluding hydrogens is 289 g/mol. The fourth-order valence-electron chi connectivity index (χ4n) is 2.49. The van der Waals surface area contributed by atoms with Crippen LogP contribution in [0.5, 0.6) is 11.5 Å². The Morgan fingerprint density at radius 1 is 1.00 bits per heavy atom. The number of nitrogens with zero attached hydrogens (tertiary/aromatic N) is 1. The molecule has 2 aromatic rings. The Balaban J connectivity index is 2.17. The zero-order valence-corrected chi connectivity index (χ0v) is 11.9. The van der Waals surface area contributed by atoms with Crippen LogP contribution in [0.25, 0.3) is 0 Å². The maximum atomic E-state index is 13.4. The van der Waals surface area contributed by atoms with E-state index < -0.39 is 17.6 Å². The van der Waals surface area contributed by atoms with E-state index in [9.17, 15) is 14.0 Å². The van der Waals surface area contributed by atoms with Crippen molar-refractivity contribution in [3.63, 3.8) is 0 Å². The molecule has 0 fully saturated rings. The summed E-state index contributed by atoms with van der Waals surface area (Å²) in [4.78, 5) is 26.0. The van der Waals surface area contributed by atoms with E-state index in [1.54, 1.807) is 6.07 Å². The van der Waals surface area contributed by atoms with Gasteiger partial charge in [0.2, 0.25) is 0 Å². The summed E-state index contributed by atoms with van der Waals surface area (Å²) in [5.74, 6) is -1.08. The minimum atomic E-state index is -0.568. The van der Waals surface area contributed by atoms with Gasteiger partial charge in [-0.3, -0.25) is 9.59 Å². The third kappa shape index (κ3) is 1.92. The molecule has 0 N–H and O–H groups in total. The third-order valence-corrected chi connectivity index (χ3v) is 3.46. The number of hydrogen-bond acceptors (Lipinski definition) is 4. The predicted molar refractivity (Wildman–Crippen MR) is 77.1 cm³/mol. The molecule has 0 saturated heterocycles. The van der Waals surface area contributed by atoms with Crippen LogP contribution >= 0.6 is 0 Å². The molecular formula is C16H12FNO4. The van der Waals surface area contributed by atoms with E-state index in [-0.39, 0.29) is 22.6 Å². The first-order valence-corrected chi connectivity index (χ1v) is 6.47. The number of carbonyl (C=O) groups is 2. The van der Waals surface area contributed by atoms with Crippen LogP contribution in [-0.4, -0.2) is 26.0 Å². The molecule has 3 rings (SSSR count). The lowest BCUT2D eigenvalue weighted by atomic mass is 10.1. The van der Waals surface area contributed by atoms with Crippen molar-refractivity contribution in [2.75, 3.05) is 19.1 Å². The molecule has 22 heavy (non-hydrogen) atoms. The Labute approximate surface area is 125 Å². The van der Waals surface area contributed by atoms with Gasteiger partial charge in [0.1, 0.15) is 5.82 Å². The van der Waals surface area contributed by atoms with Crippen molar-refractivity contribution in [2.45, 2.75) is 0 Å². The monoisotopic (exact) mass is 301 g/mol. The van der Waals surface area contributed by atoms with Crippen molar-refractivity contribution in [1.29, 1.82) is 0 Å². The van der Waals surface area contributed by atoms with Crippen LogP contribution in [0, 0.1) is 5.82 Å². The normalized spacial score (nSPS) is 13.3. The number of methoxy groups -OCH3 is 2. The molecule has 1 aliphatic heterocycles. The lowest BCUT2D eigenvalue weighted by Crippen LogP contribution is -2.29. The summed E-state index contributed by atoms with van der Waals surface area (Å²) in [6.45, 7) is 0. The van der Waals surface area contributed by atoms with E-state index in [1.807, 2.05) is 0 Å². The van der Waals surface area contributed by atoms with Crippen LogP contribution in [0.4, 0.5) is 10.1 Å². The van der Waals surface area contributed by atoms with E-state index in [0.717, 1.165) is 11.0 Å². The summed E-state index contributed by atoms with van der Waals surface area (Å²) < 4.78 is 23.7. The van der Waals surface area contributed by atoms with Crippen LogP contribution in [-0.2, 0) is 0 Å². The van der Waals surface area contributed by atoms with Gasteiger partial charge in [0, 0.05) is 0 Å². The predicted octanol–water partition coefficient (Wildman–Crippen LogP) is 2.64. The van der Waals surface area contributed by atoms with E-state index in [2.05, 4.69) is 0 Å². The van der Waals surface area contributed by atoms with Crippen LogP contribution in [0.1, 0.15) is 20.7 Å². The highest BCUT2D eigenvalue weighted by molar-refractivity contribution is 6.35. The number of halogens is 1. The van der Waals surface area contributed by atoms with Gasteiger partial charge in [-0.25, -0.2) is 9.29 Å². The highest BCUT2D eigenvalue weighted by Gasteiger charge is 2.40. The molecule has 0 bridgehead atoms. The van der Waals surface area contributed by atoms with Crippen molar-refractivity contribution >= 4 is 17.5 Å². The van der Waals surface area contributed by atoms with E-state index >= 15 is 0 Å². The molecule has 0 radical (unpaired) electrons. The summed E-state index contributed by atoms with van der Waals surface area (Å²) in [7, 11) is 2.83. The minimum Gasteiger partial charge on any atom is -0.493 e. The fourth-order valence-corrected chi connectivity index (χ4v) is 2.49. The maximum Gasteiger partial charge on any atom is 0.270 e. The molecule has 5 nitrogen and oxygen atoms in total. The lowest BCUT2D eigenvalue weighted by Gasteiger charge is -2.14. The number of anilines is 1. The lowest BCUT2D eigenvalue weighted by molar-refractivity contribution is 0.0925. The molecule has 112 valence electrons. The van der Waals surface area contributed by atoms with Crippen molar-refractivity contribution in [1.82, 2.24) is 0 Å². The van der Waals surface area contributed by atoms with Crippen molar-refractivity contribution in [3.05, 3.63) is 53.3 Å². The second-order valence-electron chi connectivity index (χ2n) is 4.65. The Hall–Kier alpha value is -2.89. The smallest absolute Gasteiger partial charge is 0.270 e. The molecule has 0 atom stereocenters. The van der Waals surface area contributed by atoms with Crippen LogP contribution in [0.3, 0.4) is 0 Å². The summed E-state index contributed by atoms with van der Waals surface area (Å²) in [6, 6.07) is 8.35. The summed E-state index contributed by atoms with van der Waals surface area (Å²) in [5.41, 5.74) is 0.496. The van der Waals surface area contributed by atoms with Gasteiger partial charge in [-0.2, -0.15) is 0 Å². The zero-order chi connectivity index (χ0) is 15.9. The second-order valence-corrected chi connectivity index (χ2v) is 4.65. The van der Waals surface area contributed by atoms with Crippen LogP contribution in [0.15, 0.2) is 36.4 Å². The Morgan fingerprint density at radius 2 is 1.77 bits per heavy atom. The first-order chi connectivity index (χ1) is 10.6. The molecule has 1 aliphatic rings. The molecule has 1 heterocycles. The van der Waals surface area contributed by atoms with Gasteiger partial charge in [0.05, 0.1) is 31.0 Å². The van der Waals surface area contributed by atoms with Gasteiger partial charge >= 0.3 is 0 Å². The molecule has 0 spiro atoms. The van der Waals surface area contributed by atoms with Gasteiger partial charge in [-0.05, 0) is 30.3 Å². The summed E-state index contributed by atoms with van der Waals surface area (Å²) >= 11 is 0. The average Bonchev–Trinajstić information content (AvgIpc) is 2.77. The zero-order valence-electron chi connectivity index (χ0n) is 11.9. The van der Waals surface area contributed by atoms with E-state index in [4.69, 9.17) is 9.47 Å². The number of ether oxygens (including phenoxy) is 2. The van der Waals surface area contributed by atoms with Crippen molar-refractivity contribution in [3.8, 4) is 11.5 Å². The summed E-state index contributed by atoms with van der Waals surface area (Å²) in [5, 5.41) is 0. The third-order valence-electron chi connectivity index (χ3n) is 3.46. The first kappa shape index (κ1) is 14.1. The molecule has 2 amide bonds. The Bertz CT molecular complexity index is 788. The van der Waals surface area contributed by atoms with Crippen molar-refractivity contribution in [2.24, 2.45) is 0 Å². The number of amides is 2. The highest BCUT2D eigenvalue weighted by Crippen LogP contribution is 2.39. The number of benzene rings is 2. The average molecular weight is 301 g/mol. The molecule has 0 unspecified atom stereocenters. The van der Waals surface area contributed by atoms with Crippen LogP contribution < -0.4 is 14.4 Å². The van der Waals surface area contributed by atoms with Crippen molar-refractivity contribution < 1.29 is 23.5 Å². The maximum absolute atomic E-state index is 13.4. The van der Waals surface area contributed by atoms with Gasteiger partial charge in [-0.1, -0.05) is 6.07 Å². The number of rotatable bonds is 3.